The summed E-state index contributed by atoms with van der Waals surface area (Å²) in [7, 11) is 9.35. The molecular weight excluding hydrogens is 356 g/mol. The maximum Gasteiger partial charge on any atom is 0.313 e. The van der Waals surface area contributed by atoms with Gasteiger partial charge >= 0.3 is 11.8 Å². The molecule has 2 aromatic rings. The van der Waals surface area contributed by atoms with E-state index in [2.05, 4.69) is 10.6 Å². The SMILES string of the molecule is COc1ccccc1NC(=O)C(=O)NC[C@H](c1ccc(N(C)C)cc1)N(C)C. The second-order valence-corrected chi connectivity index (χ2v) is 6.83. The van der Waals surface area contributed by atoms with Gasteiger partial charge in [0.1, 0.15) is 5.75 Å². The number of para-hydroxylation sites is 2. The molecular formula is C21H28N4O3. The second-order valence-electron chi connectivity index (χ2n) is 6.83. The highest BCUT2D eigenvalue weighted by atomic mass is 16.5. The van der Waals surface area contributed by atoms with Crippen LogP contribution in [0, 0.1) is 0 Å². The first-order chi connectivity index (χ1) is 13.3. The molecule has 2 rings (SSSR count). The summed E-state index contributed by atoms with van der Waals surface area (Å²) in [5, 5.41) is 5.29. The van der Waals surface area contributed by atoms with Gasteiger partial charge in [-0.15, -0.1) is 0 Å². The Morgan fingerprint density at radius 1 is 0.964 bits per heavy atom. The van der Waals surface area contributed by atoms with Crippen LogP contribution >= 0.6 is 0 Å². The summed E-state index contributed by atoms with van der Waals surface area (Å²) in [6.45, 7) is 0.312. The first-order valence-corrected chi connectivity index (χ1v) is 8.99. The standard InChI is InChI=1S/C21H28N4O3/c1-24(2)16-12-10-15(11-13-16)18(25(3)4)14-22-20(26)21(27)23-17-8-6-7-9-19(17)28-5/h6-13,18H,14H2,1-5H3,(H,22,26)(H,23,27)/t18-/m1/s1. The van der Waals surface area contributed by atoms with Gasteiger partial charge in [-0.2, -0.15) is 0 Å². The molecule has 0 bridgehead atoms. The van der Waals surface area contributed by atoms with Gasteiger partial charge in [-0.1, -0.05) is 24.3 Å². The summed E-state index contributed by atoms with van der Waals surface area (Å²) >= 11 is 0. The molecule has 0 saturated heterocycles. The largest absolute Gasteiger partial charge is 0.495 e. The molecule has 0 radical (unpaired) electrons. The summed E-state index contributed by atoms with van der Waals surface area (Å²) in [4.78, 5) is 28.5. The van der Waals surface area contributed by atoms with Crippen molar-refractivity contribution in [1.82, 2.24) is 10.2 Å². The number of methoxy groups -OCH3 is 1. The molecule has 0 fully saturated rings. The van der Waals surface area contributed by atoms with Crippen molar-refractivity contribution >= 4 is 23.2 Å². The third-order valence-electron chi connectivity index (χ3n) is 4.43. The lowest BCUT2D eigenvalue weighted by atomic mass is 10.1. The molecule has 0 aliphatic carbocycles. The van der Waals surface area contributed by atoms with Crippen LogP contribution in [0.3, 0.4) is 0 Å². The van der Waals surface area contributed by atoms with Gasteiger partial charge in [-0.05, 0) is 43.9 Å². The van der Waals surface area contributed by atoms with Crippen LogP contribution in [0.15, 0.2) is 48.5 Å². The van der Waals surface area contributed by atoms with Gasteiger partial charge in [-0.3, -0.25) is 9.59 Å². The van der Waals surface area contributed by atoms with Crippen molar-refractivity contribution in [2.45, 2.75) is 6.04 Å². The third kappa shape index (κ3) is 5.47. The van der Waals surface area contributed by atoms with E-state index in [0.717, 1.165) is 11.3 Å². The lowest BCUT2D eigenvalue weighted by Crippen LogP contribution is -2.40. The van der Waals surface area contributed by atoms with Crippen molar-refractivity contribution in [3.05, 3.63) is 54.1 Å². The van der Waals surface area contributed by atoms with Crippen LogP contribution in [-0.2, 0) is 9.59 Å². The van der Waals surface area contributed by atoms with Gasteiger partial charge < -0.3 is 25.2 Å². The molecule has 0 aliphatic rings. The van der Waals surface area contributed by atoms with Crippen molar-refractivity contribution in [3.8, 4) is 5.75 Å². The minimum Gasteiger partial charge on any atom is -0.495 e. The predicted molar refractivity (Wildman–Crippen MR) is 112 cm³/mol. The average molecular weight is 384 g/mol. The van der Waals surface area contributed by atoms with Gasteiger partial charge in [-0.25, -0.2) is 0 Å². The van der Waals surface area contributed by atoms with Crippen molar-refractivity contribution in [2.24, 2.45) is 0 Å². The molecule has 0 saturated carbocycles. The highest BCUT2D eigenvalue weighted by Gasteiger charge is 2.19. The van der Waals surface area contributed by atoms with Crippen LogP contribution < -0.4 is 20.3 Å². The summed E-state index contributed by atoms with van der Waals surface area (Å²) in [5.41, 5.74) is 2.61. The number of benzene rings is 2. The Kier molecular flexibility index (Phi) is 7.40. The zero-order valence-electron chi connectivity index (χ0n) is 17.0. The maximum atomic E-state index is 12.3. The summed E-state index contributed by atoms with van der Waals surface area (Å²) in [6.07, 6.45) is 0. The van der Waals surface area contributed by atoms with Crippen molar-refractivity contribution in [3.63, 3.8) is 0 Å². The summed E-state index contributed by atoms with van der Waals surface area (Å²) < 4.78 is 5.18. The normalized spacial score (nSPS) is 11.6. The molecule has 0 aromatic heterocycles. The molecule has 0 aliphatic heterocycles. The minimum atomic E-state index is -0.732. The fourth-order valence-electron chi connectivity index (χ4n) is 2.79. The Hall–Kier alpha value is -3.06. The Morgan fingerprint density at radius 2 is 1.61 bits per heavy atom. The zero-order chi connectivity index (χ0) is 20.7. The molecule has 0 heterocycles. The van der Waals surface area contributed by atoms with Crippen LogP contribution in [-0.4, -0.2) is 58.6 Å². The van der Waals surface area contributed by atoms with Gasteiger partial charge in [0, 0.05) is 26.3 Å². The second kappa shape index (κ2) is 9.75. The summed E-state index contributed by atoms with van der Waals surface area (Å²) in [5.74, 6) is -0.927. The first-order valence-electron chi connectivity index (χ1n) is 8.99. The van der Waals surface area contributed by atoms with E-state index in [0.29, 0.717) is 18.0 Å². The number of anilines is 2. The minimum absolute atomic E-state index is 0.0563. The lowest BCUT2D eigenvalue weighted by molar-refractivity contribution is -0.136. The first kappa shape index (κ1) is 21.2. The van der Waals surface area contributed by atoms with E-state index in [1.54, 1.807) is 24.3 Å². The van der Waals surface area contributed by atoms with E-state index in [4.69, 9.17) is 4.74 Å². The Morgan fingerprint density at radius 3 is 2.18 bits per heavy atom. The van der Waals surface area contributed by atoms with Crippen LogP contribution in [0.4, 0.5) is 11.4 Å². The molecule has 2 amide bonds. The number of amides is 2. The number of hydrogen-bond donors (Lipinski definition) is 2. The van der Waals surface area contributed by atoms with E-state index in [1.165, 1.54) is 7.11 Å². The van der Waals surface area contributed by atoms with Crippen LogP contribution in [0.5, 0.6) is 5.75 Å². The molecule has 7 heteroatoms. The Bertz CT molecular complexity index is 804. The van der Waals surface area contributed by atoms with Crippen molar-refractivity contribution < 1.29 is 14.3 Å². The highest BCUT2D eigenvalue weighted by molar-refractivity contribution is 6.39. The third-order valence-corrected chi connectivity index (χ3v) is 4.43. The van der Waals surface area contributed by atoms with E-state index in [-0.39, 0.29) is 6.04 Å². The number of ether oxygens (including phenoxy) is 1. The maximum absolute atomic E-state index is 12.3. The molecule has 2 N–H and O–H groups in total. The molecule has 0 spiro atoms. The number of carbonyl (C=O) groups is 2. The van der Waals surface area contributed by atoms with E-state index < -0.39 is 11.8 Å². The lowest BCUT2D eigenvalue weighted by Gasteiger charge is -2.25. The van der Waals surface area contributed by atoms with Crippen LogP contribution in [0.25, 0.3) is 0 Å². The molecule has 1 atom stereocenters. The van der Waals surface area contributed by atoms with Gasteiger partial charge in [0.2, 0.25) is 0 Å². The number of nitrogens with one attached hydrogen (secondary N) is 2. The van der Waals surface area contributed by atoms with Gasteiger partial charge in [0.05, 0.1) is 18.8 Å². The number of likely N-dealkylation sites (N-methyl/N-ethyl adjacent to an activating group) is 1. The Labute approximate surface area is 166 Å². The topological polar surface area (TPSA) is 73.9 Å². The van der Waals surface area contributed by atoms with Crippen molar-refractivity contribution in [2.75, 3.05) is 52.1 Å². The monoisotopic (exact) mass is 384 g/mol. The molecule has 2 aromatic carbocycles. The Balaban J connectivity index is 2.00. The summed E-state index contributed by atoms with van der Waals surface area (Å²) in [6, 6.07) is 15.0. The fourth-order valence-corrected chi connectivity index (χ4v) is 2.79. The average Bonchev–Trinajstić information content (AvgIpc) is 2.68. The number of carbonyl (C=O) groups excluding carboxylic acids is 2. The number of hydrogen-bond acceptors (Lipinski definition) is 5. The predicted octanol–water partition coefficient (Wildman–Crippen LogP) is 2.12. The van der Waals surface area contributed by atoms with Gasteiger partial charge in [0.15, 0.2) is 0 Å². The van der Waals surface area contributed by atoms with Gasteiger partial charge in [0.25, 0.3) is 0 Å². The molecule has 150 valence electrons. The number of rotatable bonds is 7. The van der Waals surface area contributed by atoms with E-state index in [1.807, 2.05) is 62.3 Å². The molecule has 28 heavy (non-hydrogen) atoms. The fraction of sp³-hybridized carbons (Fsp3) is 0.333. The van der Waals surface area contributed by atoms with Crippen LogP contribution in [0.1, 0.15) is 11.6 Å². The number of nitrogens with zero attached hydrogens (tertiary/aromatic N) is 2. The quantitative estimate of drug-likeness (QED) is 0.716. The van der Waals surface area contributed by atoms with E-state index >= 15 is 0 Å². The highest BCUT2D eigenvalue weighted by Crippen LogP contribution is 2.23. The van der Waals surface area contributed by atoms with Crippen molar-refractivity contribution in [1.29, 1.82) is 0 Å². The smallest absolute Gasteiger partial charge is 0.313 e. The zero-order valence-corrected chi connectivity index (χ0v) is 17.0. The molecule has 0 unspecified atom stereocenters. The van der Waals surface area contributed by atoms with E-state index in [9.17, 15) is 9.59 Å². The molecule has 7 nitrogen and oxygen atoms in total. The van der Waals surface area contributed by atoms with Crippen LogP contribution in [0.2, 0.25) is 0 Å².